The summed E-state index contributed by atoms with van der Waals surface area (Å²) in [4.78, 5) is 42.2. The van der Waals surface area contributed by atoms with E-state index in [0.29, 0.717) is 44.5 Å². The monoisotopic (exact) mass is 550 g/mol. The Hall–Kier alpha value is -4.28. The molecule has 1 aromatic carbocycles. The van der Waals surface area contributed by atoms with Gasteiger partial charge in [0.15, 0.2) is 11.5 Å². The molecule has 2 N–H and O–H groups in total. The maximum Gasteiger partial charge on any atom is 0.267 e. The maximum absolute atomic E-state index is 13.5. The summed E-state index contributed by atoms with van der Waals surface area (Å²) in [6.07, 6.45) is 3.18. The van der Waals surface area contributed by atoms with Crippen LogP contribution in [0.1, 0.15) is 34.2 Å². The Morgan fingerprint density at radius 2 is 1.90 bits per heavy atom. The molecular weight excluding hydrogens is 524 g/mol. The Bertz CT molecular complexity index is 1560. The second-order valence-electron chi connectivity index (χ2n) is 8.88. The molecule has 1 atom stereocenters. The number of aromatic nitrogens is 3. The molecular formula is C28H27ClN4O6. The van der Waals surface area contributed by atoms with E-state index >= 15 is 0 Å². The number of carbonyl (C=O) groups excluding carboxylic acids is 2. The largest absolute Gasteiger partial charge is 0.495 e. The van der Waals surface area contributed by atoms with Crippen molar-refractivity contribution in [2.24, 2.45) is 5.73 Å². The third kappa shape index (κ3) is 6.24. The van der Waals surface area contributed by atoms with Crippen LogP contribution in [0.3, 0.4) is 0 Å². The number of hydrogen-bond acceptors (Lipinski definition) is 8. The molecule has 3 heterocycles. The minimum atomic E-state index is -0.841. The number of methoxy groups -OCH3 is 2. The Morgan fingerprint density at radius 1 is 1.10 bits per heavy atom. The third-order valence-electron chi connectivity index (χ3n) is 6.19. The van der Waals surface area contributed by atoms with E-state index in [1.54, 1.807) is 30.3 Å². The van der Waals surface area contributed by atoms with Gasteiger partial charge in [-0.05, 0) is 48.7 Å². The van der Waals surface area contributed by atoms with Gasteiger partial charge in [0, 0.05) is 54.6 Å². The van der Waals surface area contributed by atoms with E-state index in [1.165, 1.54) is 43.3 Å². The lowest BCUT2D eigenvalue weighted by atomic mass is 9.97. The summed E-state index contributed by atoms with van der Waals surface area (Å²) in [5.74, 6) is -0.0318. The van der Waals surface area contributed by atoms with Crippen molar-refractivity contribution in [3.8, 4) is 28.2 Å². The van der Waals surface area contributed by atoms with Crippen LogP contribution in [0, 0.1) is 6.92 Å². The van der Waals surface area contributed by atoms with Crippen LogP contribution in [-0.2, 0) is 16.0 Å². The van der Waals surface area contributed by atoms with Crippen LogP contribution in [0.4, 0.5) is 0 Å². The molecule has 1 amide bonds. The number of nitrogens with zero attached hydrogens (tertiary/aromatic N) is 3. The highest BCUT2D eigenvalue weighted by atomic mass is 35.5. The minimum Gasteiger partial charge on any atom is -0.495 e. The van der Waals surface area contributed by atoms with Gasteiger partial charge in [0.25, 0.3) is 11.5 Å². The molecule has 39 heavy (non-hydrogen) atoms. The van der Waals surface area contributed by atoms with Gasteiger partial charge in [0.05, 0.1) is 25.0 Å². The van der Waals surface area contributed by atoms with Crippen LogP contribution in [-0.4, -0.2) is 47.2 Å². The topological polar surface area (TPSA) is 140 Å². The van der Waals surface area contributed by atoms with Crippen molar-refractivity contribution < 1.29 is 23.6 Å². The van der Waals surface area contributed by atoms with E-state index < -0.39 is 17.5 Å². The van der Waals surface area contributed by atoms with Crippen molar-refractivity contribution in [3.63, 3.8) is 0 Å². The first-order chi connectivity index (χ1) is 18.7. The van der Waals surface area contributed by atoms with Crippen LogP contribution in [0.25, 0.3) is 22.5 Å². The number of amides is 1. The van der Waals surface area contributed by atoms with Crippen molar-refractivity contribution in [3.05, 3.63) is 87.2 Å². The number of primary amides is 1. The molecule has 4 rings (SSSR count). The SMILES string of the molecule is COCCC(C(=O)Cc1ccc(C(N)=O)nc1)n1cc(OC)c(-c2cc(Cl)ccc2-c2cc(C)no2)cc1=O. The number of halogens is 1. The summed E-state index contributed by atoms with van der Waals surface area (Å²) in [6, 6.07) is 10.6. The fourth-order valence-electron chi connectivity index (χ4n) is 4.27. The number of ketones is 1. The van der Waals surface area contributed by atoms with Gasteiger partial charge in [0.2, 0.25) is 0 Å². The minimum absolute atomic E-state index is 0.0137. The Labute approximate surface area is 229 Å². The van der Waals surface area contributed by atoms with Crippen molar-refractivity contribution in [2.75, 3.05) is 20.8 Å². The lowest BCUT2D eigenvalue weighted by Gasteiger charge is -2.21. The van der Waals surface area contributed by atoms with Gasteiger partial charge >= 0.3 is 0 Å². The van der Waals surface area contributed by atoms with Gasteiger partial charge in [-0.3, -0.25) is 19.4 Å². The van der Waals surface area contributed by atoms with Crippen LogP contribution in [0.2, 0.25) is 5.02 Å². The first-order valence-electron chi connectivity index (χ1n) is 12.0. The average molecular weight is 551 g/mol. The molecule has 3 aromatic heterocycles. The summed E-state index contributed by atoms with van der Waals surface area (Å²) in [6.45, 7) is 2.05. The first kappa shape index (κ1) is 27.7. The molecule has 11 heteroatoms. The van der Waals surface area contributed by atoms with Crippen molar-refractivity contribution in [1.82, 2.24) is 14.7 Å². The zero-order valence-corrected chi connectivity index (χ0v) is 22.4. The van der Waals surface area contributed by atoms with Crippen LogP contribution >= 0.6 is 11.6 Å². The van der Waals surface area contributed by atoms with Crippen molar-refractivity contribution in [2.45, 2.75) is 25.8 Å². The molecule has 0 fully saturated rings. The van der Waals surface area contributed by atoms with E-state index in [1.807, 2.05) is 6.92 Å². The molecule has 0 aliphatic carbocycles. The van der Waals surface area contributed by atoms with E-state index in [0.717, 1.165) is 0 Å². The van der Waals surface area contributed by atoms with E-state index in [4.69, 9.17) is 31.3 Å². The zero-order valence-electron chi connectivity index (χ0n) is 21.6. The molecule has 1 unspecified atom stereocenters. The molecule has 0 spiro atoms. The smallest absolute Gasteiger partial charge is 0.267 e. The zero-order chi connectivity index (χ0) is 28.1. The summed E-state index contributed by atoms with van der Waals surface area (Å²) in [7, 11) is 3.00. The van der Waals surface area contributed by atoms with Gasteiger partial charge < -0.3 is 24.3 Å². The standard InChI is InChI=1S/C28H27ClN4O6/c1-16-10-25(39-32-16)19-6-5-18(29)12-20(19)21-13-27(35)33(15-26(21)38-3)23(8-9-37-2)24(34)11-17-4-7-22(28(30)36)31-14-17/h4-7,10,12-15,23H,8-9,11H2,1-3H3,(H2,30,36). The van der Waals surface area contributed by atoms with Gasteiger partial charge in [-0.1, -0.05) is 22.8 Å². The number of carbonyl (C=O) groups is 2. The summed E-state index contributed by atoms with van der Waals surface area (Å²) < 4.78 is 17.7. The molecule has 0 saturated heterocycles. The fraction of sp³-hybridized carbons (Fsp3) is 0.250. The van der Waals surface area contributed by atoms with E-state index in [-0.39, 0.29) is 30.9 Å². The number of rotatable bonds is 11. The Balaban J connectivity index is 1.75. The summed E-state index contributed by atoms with van der Waals surface area (Å²) in [5, 5.41) is 4.42. The molecule has 0 saturated carbocycles. The van der Waals surface area contributed by atoms with E-state index in [9.17, 15) is 14.4 Å². The van der Waals surface area contributed by atoms with Crippen LogP contribution in [0.5, 0.6) is 5.75 Å². The van der Waals surface area contributed by atoms with Gasteiger partial charge in [-0.25, -0.2) is 0 Å². The predicted molar refractivity (Wildman–Crippen MR) is 145 cm³/mol. The first-order valence-corrected chi connectivity index (χ1v) is 12.4. The van der Waals surface area contributed by atoms with Gasteiger partial charge in [-0.2, -0.15) is 0 Å². The van der Waals surface area contributed by atoms with Crippen LogP contribution in [0.15, 0.2) is 64.2 Å². The number of hydrogen-bond donors (Lipinski definition) is 1. The Kier molecular flexibility index (Phi) is 8.58. The Morgan fingerprint density at radius 3 is 2.51 bits per heavy atom. The predicted octanol–water partition coefficient (Wildman–Crippen LogP) is 4.02. The quantitative estimate of drug-likeness (QED) is 0.295. The lowest BCUT2D eigenvalue weighted by molar-refractivity contribution is -0.122. The molecule has 0 aliphatic heterocycles. The normalized spacial score (nSPS) is 11.8. The molecule has 0 radical (unpaired) electrons. The average Bonchev–Trinajstić information content (AvgIpc) is 3.35. The van der Waals surface area contributed by atoms with Gasteiger partial charge in [0.1, 0.15) is 11.4 Å². The highest BCUT2D eigenvalue weighted by Gasteiger charge is 2.25. The van der Waals surface area contributed by atoms with Crippen LogP contribution < -0.4 is 16.0 Å². The second-order valence-corrected chi connectivity index (χ2v) is 9.32. The van der Waals surface area contributed by atoms with E-state index in [2.05, 4.69) is 10.1 Å². The highest BCUT2D eigenvalue weighted by molar-refractivity contribution is 6.31. The lowest BCUT2D eigenvalue weighted by Crippen LogP contribution is -2.31. The molecule has 0 bridgehead atoms. The number of nitrogens with two attached hydrogens (primary N) is 1. The summed E-state index contributed by atoms with van der Waals surface area (Å²) in [5.41, 5.74) is 7.98. The number of pyridine rings is 2. The molecule has 10 nitrogen and oxygen atoms in total. The molecule has 0 aliphatic rings. The van der Waals surface area contributed by atoms with Crippen molar-refractivity contribution in [1.29, 1.82) is 0 Å². The fourth-order valence-corrected chi connectivity index (χ4v) is 4.44. The number of aryl methyl sites for hydroxylation is 1. The summed E-state index contributed by atoms with van der Waals surface area (Å²) >= 11 is 6.32. The third-order valence-corrected chi connectivity index (χ3v) is 6.42. The van der Waals surface area contributed by atoms with Gasteiger partial charge in [-0.15, -0.1) is 0 Å². The molecule has 202 valence electrons. The maximum atomic E-state index is 13.5. The molecule has 4 aromatic rings. The highest BCUT2D eigenvalue weighted by Crippen LogP contribution is 2.38. The number of ether oxygens (including phenoxy) is 2. The second kappa shape index (κ2) is 12.1. The number of benzene rings is 1. The van der Waals surface area contributed by atoms with Crippen molar-refractivity contribution >= 4 is 23.3 Å². The number of Topliss-reactive ketones (excluding diaryl/α,β-unsaturated/α-hetero) is 1.